The third-order valence-electron chi connectivity index (χ3n) is 4.65. The van der Waals surface area contributed by atoms with Crippen LogP contribution in [0.2, 0.25) is 16.6 Å². The molecule has 0 spiro atoms. The third kappa shape index (κ3) is 3.90. The number of rotatable bonds is 7. The lowest BCUT2D eigenvalue weighted by Gasteiger charge is -2.44. The van der Waals surface area contributed by atoms with Gasteiger partial charge in [-0.15, -0.1) is 0 Å². The van der Waals surface area contributed by atoms with E-state index in [0.717, 1.165) is 0 Å². The summed E-state index contributed by atoms with van der Waals surface area (Å²) in [5.74, 6) is -1.72. The van der Waals surface area contributed by atoms with Crippen LogP contribution in [0.25, 0.3) is 0 Å². The predicted molar refractivity (Wildman–Crippen MR) is 88.5 cm³/mol. The molecule has 5 nitrogen and oxygen atoms in total. The minimum atomic E-state index is -2.28. The summed E-state index contributed by atoms with van der Waals surface area (Å²) in [5, 5.41) is 9.67. The fourth-order valence-electron chi connectivity index (χ4n) is 3.78. The lowest BCUT2D eigenvalue weighted by molar-refractivity contribution is -0.166. The molecule has 1 rings (SSSR count). The predicted octanol–water partition coefficient (Wildman–Crippen LogP) is 3.78. The fraction of sp³-hybridized carbons (Fsp3) is 0.938. The molecule has 1 aliphatic rings. The molecule has 6 heteroatoms. The van der Waals surface area contributed by atoms with E-state index in [-0.39, 0.29) is 6.61 Å². The van der Waals surface area contributed by atoms with Gasteiger partial charge >= 0.3 is 5.97 Å². The van der Waals surface area contributed by atoms with Crippen LogP contribution in [0, 0.1) is 0 Å². The van der Waals surface area contributed by atoms with E-state index in [4.69, 9.17) is 13.9 Å². The fourth-order valence-corrected chi connectivity index (χ4v) is 9.29. The van der Waals surface area contributed by atoms with E-state index >= 15 is 0 Å². The number of hydrogen-bond donors (Lipinski definition) is 1. The highest BCUT2D eigenvalue weighted by atomic mass is 28.4. The first kappa shape index (κ1) is 19.6. The van der Waals surface area contributed by atoms with Gasteiger partial charge in [0.1, 0.15) is 6.10 Å². The van der Waals surface area contributed by atoms with Crippen LogP contribution in [0.4, 0.5) is 0 Å². The van der Waals surface area contributed by atoms with Gasteiger partial charge in [-0.05, 0) is 30.5 Å². The van der Waals surface area contributed by atoms with Crippen molar-refractivity contribution >= 4 is 14.3 Å². The van der Waals surface area contributed by atoms with Crippen LogP contribution >= 0.6 is 0 Å². The first-order chi connectivity index (χ1) is 9.94. The number of ether oxygens (including phenoxy) is 2. The Morgan fingerprint density at radius 2 is 1.59 bits per heavy atom. The molecule has 0 amide bonds. The molecule has 2 unspecified atom stereocenters. The van der Waals surface area contributed by atoms with Crippen molar-refractivity contribution in [2.45, 2.75) is 90.0 Å². The van der Waals surface area contributed by atoms with Crippen molar-refractivity contribution in [2.24, 2.45) is 0 Å². The van der Waals surface area contributed by atoms with E-state index < -0.39 is 32.3 Å². The van der Waals surface area contributed by atoms with E-state index in [1.165, 1.54) is 0 Å². The van der Waals surface area contributed by atoms with E-state index in [1.807, 2.05) is 0 Å². The highest BCUT2D eigenvalue weighted by Crippen LogP contribution is 2.44. The monoisotopic (exact) mass is 332 g/mol. The second-order valence-corrected chi connectivity index (χ2v) is 13.0. The Labute approximate surface area is 135 Å². The number of aliphatic carboxylic acids is 1. The van der Waals surface area contributed by atoms with Crippen LogP contribution in [0.1, 0.15) is 55.4 Å². The van der Waals surface area contributed by atoms with Crippen LogP contribution in [-0.4, -0.2) is 44.0 Å². The van der Waals surface area contributed by atoms with E-state index in [1.54, 1.807) is 13.8 Å². The number of carboxylic acid groups (broad SMARTS) is 1. The zero-order valence-corrected chi connectivity index (χ0v) is 16.2. The van der Waals surface area contributed by atoms with Crippen molar-refractivity contribution in [3.05, 3.63) is 0 Å². The van der Waals surface area contributed by atoms with Gasteiger partial charge in [0.15, 0.2) is 11.9 Å². The lowest BCUT2D eigenvalue weighted by atomic mass is 10.2. The second kappa shape index (κ2) is 6.99. The minimum Gasteiger partial charge on any atom is -0.479 e. The molecule has 1 N–H and O–H groups in total. The summed E-state index contributed by atoms with van der Waals surface area (Å²) in [4.78, 5) is 11.8. The maximum Gasteiger partial charge on any atom is 0.334 e. The molecule has 0 aromatic carbocycles. The van der Waals surface area contributed by atoms with Crippen LogP contribution in [0.3, 0.4) is 0 Å². The zero-order chi connectivity index (χ0) is 17.3. The van der Waals surface area contributed by atoms with Crippen molar-refractivity contribution in [2.75, 3.05) is 6.61 Å². The van der Waals surface area contributed by atoms with Crippen LogP contribution in [-0.2, 0) is 18.7 Å². The van der Waals surface area contributed by atoms with Crippen molar-refractivity contribution < 1.29 is 23.8 Å². The molecule has 130 valence electrons. The normalized spacial score (nSPS) is 23.5. The smallest absolute Gasteiger partial charge is 0.334 e. The molecule has 0 aromatic heterocycles. The maximum atomic E-state index is 11.8. The van der Waals surface area contributed by atoms with Gasteiger partial charge in [-0.3, -0.25) is 0 Å². The SMILES string of the molecule is CC(C)[Si](OC(C(=O)O)C1COC(C)(C)O1)(C(C)C)C(C)C. The Balaban J connectivity index is 3.09. The topological polar surface area (TPSA) is 65.0 Å². The largest absolute Gasteiger partial charge is 0.479 e. The summed E-state index contributed by atoms with van der Waals surface area (Å²) in [6.45, 7) is 16.7. The Morgan fingerprint density at radius 3 is 1.86 bits per heavy atom. The number of carboxylic acids is 1. The van der Waals surface area contributed by atoms with Crippen molar-refractivity contribution in [3.63, 3.8) is 0 Å². The maximum absolute atomic E-state index is 11.8. The molecule has 2 atom stereocenters. The van der Waals surface area contributed by atoms with Crippen molar-refractivity contribution in [3.8, 4) is 0 Å². The van der Waals surface area contributed by atoms with Crippen LogP contribution in [0.5, 0.6) is 0 Å². The van der Waals surface area contributed by atoms with Gasteiger partial charge in [0.2, 0.25) is 8.32 Å². The molecular formula is C16H32O5Si. The average molecular weight is 333 g/mol. The van der Waals surface area contributed by atoms with Gasteiger partial charge in [-0.1, -0.05) is 41.5 Å². The van der Waals surface area contributed by atoms with Crippen LogP contribution < -0.4 is 0 Å². The van der Waals surface area contributed by atoms with E-state index in [2.05, 4.69) is 41.5 Å². The summed E-state index contributed by atoms with van der Waals surface area (Å²) < 4.78 is 17.7. The number of hydrogen-bond acceptors (Lipinski definition) is 4. The van der Waals surface area contributed by atoms with E-state index in [0.29, 0.717) is 16.6 Å². The van der Waals surface area contributed by atoms with Gasteiger partial charge in [-0.2, -0.15) is 0 Å². The third-order valence-corrected chi connectivity index (χ3v) is 10.7. The first-order valence-corrected chi connectivity index (χ1v) is 10.3. The Bertz CT molecular complexity index is 370. The molecule has 1 saturated heterocycles. The molecule has 0 aliphatic carbocycles. The zero-order valence-electron chi connectivity index (χ0n) is 15.2. The Kier molecular flexibility index (Phi) is 6.23. The second-order valence-electron chi connectivity index (χ2n) is 7.56. The molecule has 22 heavy (non-hydrogen) atoms. The van der Waals surface area contributed by atoms with Gasteiger partial charge in [-0.25, -0.2) is 4.79 Å². The van der Waals surface area contributed by atoms with Gasteiger partial charge in [0.05, 0.1) is 6.61 Å². The Morgan fingerprint density at radius 1 is 1.14 bits per heavy atom. The van der Waals surface area contributed by atoms with Gasteiger partial charge < -0.3 is 19.0 Å². The highest BCUT2D eigenvalue weighted by molar-refractivity contribution is 6.77. The molecule has 0 bridgehead atoms. The molecule has 1 aliphatic heterocycles. The van der Waals surface area contributed by atoms with Crippen molar-refractivity contribution in [1.82, 2.24) is 0 Å². The molecule has 0 saturated carbocycles. The minimum absolute atomic E-state index is 0.253. The quantitative estimate of drug-likeness (QED) is 0.719. The van der Waals surface area contributed by atoms with Crippen LogP contribution in [0.15, 0.2) is 0 Å². The van der Waals surface area contributed by atoms with Gasteiger partial charge in [0, 0.05) is 0 Å². The summed E-state index contributed by atoms with van der Waals surface area (Å²) in [7, 11) is -2.28. The summed E-state index contributed by atoms with van der Waals surface area (Å²) in [5.41, 5.74) is 0.971. The van der Waals surface area contributed by atoms with Crippen molar-refractivity contribution in [1.29, 1.82) is 0 Å². The highest BCUT2D eigenvalue weighted by Gasteiger charge is 2.51. The number of carbonyl (C=O) groups is 1. The molecule has 1 heterocycles. The van der Waals surface area contributed by atoms with E-state index in [9.17, 15) is 9.90 Å². The first-order valence-electron chi connectivity index (χ1n) is 8.16. The summed E-state index contributed by atoms with van der Waals surface area (Å²) >= 11 is 0. The molecular weight excluding hydrogens is 300 g/mol. The van der Waals surface area contributed by atoms with Gasteiger partial charge in [0.25, 0.3) is 0 Å². The Hall–Kier alpha value is -0.433. The summed E-state index contributed by atoms with van der Waals surface area (Å²) in [6, 6.07) is 0. The average Bonchev–Trinajstić information content (AvgIpc) is 2.68. The summed E-state index contributed by atoms with van der Waals surface area (Å²) in [6.07, 6.45) is -1.53. The lowest BCUT2D eigenvalue weighted by Crippen LogP contribution is -2.55. The molecule has 0 aromatic rings. The molecule has 0 radical (unpaired) electrons. The standard InChI is InChI=1S/C16H32O5Si/c1-10(2)22(11(3)4,12(5)6)21-14(15(17)18)13-9-19-16(7,8)20-13/h10-14H,9H2,1-8H3,(H,17,18). The molecule has 1 fully saturated rings.